The van der Waals surface area contributed by atoms with Crippen LogP contribution in [0.1, 0.15) is 17.2 Å². The zero-order chi connectivity index (χ0) is 15.4. The van der Waals surface area contributed by atoms with E-state index in [1.165, 1.54) is 6.07 Å². The fourth-order valence-electron chi connectivity index (χ4n) is 1.38. The molecule has 0 heterocycles. The summed E-state index contributed by atoms with van der Waals surface area (Å²) in [5.41, 5.74) is -2.24. The van der Waals surface area contributed by atoms with Gasteiger partial charge in [-0.25, -0.2) is 4.79 Å². The number of aliphatic hydroxyl groups is 1. The van der Waals surface area contributed by atoms with E-state index in [1.54, 1.807) is 0 Å². The van der Waals surface area contributed by atoms with Gasteiger partial charge in [-0.05, 0) is 6.07 Å². The Labute approximate surface area is 109 Å². The number of benzene rings is 1. The van der Waals surface area contributed by atoms with Crippen molar-refractivity contribution in [1.82, 2.24) is 0 Å². The molecule has 0 aliphatic carbocycles. The molecule has 10 heteroatoms. The smallest absolute Gasteiger partial charge is 0.387 e. The summed E-state index contributed by atoms with van der Waals surface area (Å²) in [6.07, 6.45) is -2.32. The van der Waals surface area contributed by atoms with E-state index in [0.717, 1.165) is 0 Å². The Balaban J connectivity index is 3.51. The van der Waals surface area contributed by atoms with Gasteiger partial charge in [-0.2, -0.15) is 14.0 Å². The highest BCUT2D eigenvalue weighted by atomic mass is 19.3. The first kappa shape index (κ1) is 15.3. The number of carbonyl (C=O) groups is 1. The summed E-state index contributed by atoms with van der Waals surface area (Å²) >= 11 is 0. The van der Waals surface area contributed by atoms with Crippen LogP contribution in [0.3, 0.4) is 0 Å². The number of nitriles is 1. The molecule has 1 atom stereocenters. The van der Waals surface area contributed by atoms with Gasteiger partial charge >= 0.3 is 12.6 Å². The molecular formula is C10H6F2N2O6. The van der Waals surface area contributed by atoms with Crippen LogP contribution in [0.4, 0.5) is 14.5 Å². The van der Waals surface area contributed by atoms with Gasteiger partial charge in [-0.15, -0.1) is 0 Å². The van der Waals surface area contributed by atoms with Crippen molar-refractivity contribution < 1.29 is 33.4 Å². The average Bonchev–Trinajstić information content (AvgIpc) is 2.36. The quantitative estimate of drug-likeness (QED) is 0.613. The number of nitro groups is 1. The second-order valence-electron chi connectivity index (χ2n) is 3.40. The minimum atomic E-state index is -3.32. The Bertz CT molecular complexity index is 598. The number of rotatable bonds is 5. The molecule has 0 bridgehead atoms. The molecule has 2 N–H and O–H groups in total. The molecule has 0 saturated heterocycles. The van der Waals surface area contributed by atoms with Crippen LogP contribution < -0.4 is 4.74 Å². The van der Waals surface area contributed by atoms with Gasteiger partial charge in [-0.1, -0.05) is 0 Å². The van der Waals surface area contributed by atoms with Gasteiger partial charge in [-0.3, -0.25) is 10.1 Å². The predicted octanol–water partition coefficient (Wildman–Crippen LogP) is 1.19. The molecule has 20 heavy (non-hydrogen) atoms. The second kappa shape index (κ2) is 5.89. The first-order valence-electron chi connectivity index (χ1n) is 4.86. The lowest BCUT2D eigenvalue weighted by Gasteiger charge is -2.11. The predicted molar refractivity (Wildman–Crippen MR) is 57.0 cm³/mol. The van der Waals surface area contributed by atoms with Crippen LogP contribution in [0.2, 0.25) is 0 Å². The van der Waals surface area contributed by atoms with Gasteiger partial charge in [0.1, 0.15) is 17.4 Å². The zero-order valence-electron chi connectivity index (χ0n) is 9.49. The van der Waals surface area contributed by atoms with Crippen LogP contribution in [0.5, 0.6) is 5.75 Å². The van der Waals surface area contributed by atoms with E-state index in [0.29, 0.717) is 12.1 Å². The van der Waals surface area contributed by atoms with Crippen LogP contribution in [-0.4, -0.2) is 27.7 Å². The average molecular weight is 288 g/mol. The number of hydrogen-bond donors (Lipinski definition) is 2. The van der Waals surface area contributed by atoms with Gasteiger partial charge < -0.3 is 14.9 Å². The molecule has 0 fully saturated rings. The van der Waals surface area contributed by atoms with E-state index < -0.39 is 46.2 Å². The largest absolute Gasteiger partial charge is 0.479 e. The van der Waals surface area contributed by atoms with Crippen molar-refractivity contribution in [3.05, 3.63) is 33.4 Å². The van der Waals surface area contributed by atoms with Crippen molar-refractivity contribution in [3.8, 4) is 11.8 Å². The van der Waals surface area contributed by atoms with Crippen LogP contribution in [-0.2, 0) is 4.79 Å². The highest BCUT2D eigenvalue weighted by molar-refractivity contribution is 5.76. The number of carboxylic acid groups (broad SMARTS) is 1. The van der Waals surface area contributed by atoms with Crippen LogP contribution >= 0.6 is 0 Å². The summed E-state index contributed by atoms with van der Waals surface area (Å²) in [6, 6.07) is 2.48. The number of nitro benzene ring substituents is 1. The van der Waals surface area contributed by atoms with Crippen LogP contribution in [0.15, 0.2) is 12.1 Å². The number of carboxylic acids is 1. The topological polar surface area (TPSA) is 134 Å². The Hall–Kier alpha value is -2.80. The third-order valence-corrected chi connectivity index (χ3v) is 2.19. The molecule has 8 nitrogen and oxygen atoms in total. The molecule has 0 aliphatic rings. The van der Waals surface area contributed by atoms with Crippen molar-refractivity contribution >= 4 is 11.7 Å². The molecule has 106 valence electrons. The van der Waals surface area contributed by atoms with Crippen molar-refractivity contribution in [2.45, 2.75) is 12.7 Å². The summed E-state index contributed by atoms with van der Waals surface area (Å²) in [5, 5.41) is 37.4. The SMILES string of the molecule is N#Cc1cc([N+](=O)[O-])c(C(O)C(=O)O)cc1OC(F)F. The first-order chi connectivity index (χ1) is 9.27. The Morgan fingerprint density at radius 2 is 2.10 bits per heavy atom. The molecule has 0 aliphatic heterocycles. The van der Waals surface area contributed by atoms with Crippen molar-refractivity contribution in [3.63, 3.8) is 0 Å². The number of alkyl halides is 2. The van der Waals surface area contributed by atoms with Crippen LogP contribution in [0.25, 0.3) is 0 Å². The minimum Gasteiger partial charge on any atom is -0.479 e. The van der Waals surface area contributed by atoms with Gasteiger partial charge in [0.2, 0.25) is 0 Å². The number of aliphatic carboxylic acids is 1. The molecule has 0 aromatic heterocycles. The number of nitrogens with zero attached hydrogens (tertiary/aromatic N) is 2. The lowest BCUT2D eigenvalue weighted by Crippen LogP contribution is -2.14. The Kier molecular flexibility index (Phi) is 4.50. The van der Waals surface area contributed by atoms with E-state index in [1.807, 2.05) is 0 Å². The summed E-state index contributed by atoms with van der Waals surface area (Å²) in [7, 11) is 0. The molecule has 1 unspecified atom stereocenters. The molecule has 1 rings (SSSR count). The van der Waals surface area contributed by atoms with E-state index in [4.69, 9.17) is 10.4 Å². The second-order valence-corrected chi connectivity index (χ2v) is 3.40. The zero-order valence-corrected chi connectivity index (χ0v) is 9.49. The highest BCUT2D eigenvalue weighted by Gasteiger charge is 2.29. The maximum absolute atomic E-state index is 12.1. The molecule has 0 radical (unpaired) electrons. The van der Waals surface area contributed by atoms with Gasteiger partial charge in [0.15, 0.2) is 6.10 Å². The van der Waals surface area contributed by atoms with Crippen molar-refractivity contribution in [1.29, 1.82) is 5.26 Å². The summed E-state index contributed by atoms with van der Waals surface area (Å²) in [4.78, 5) is 20.3. The van der Waals surface area contributed by atoms with E-state index in [-0.39, 0.29) is 0 Å². The number of ether oxygens (including phenoxy) is 1. The fraction of sp³-hybridized carbons (Fsp3) is 0.200. The minimum absolute atomic E-state index is 0.529. The van der Waals surface area contributed by atoms with E-state index in [2.05, 4.69) is 4.74 Å². The molecule has 1 aromatic carbocycles. The number of halogens is 2. The highest BCUT2D eigenvalue weighted by Crippen LogP contribution is 2.33. The number of aliphatic hydroxyl groups excluding tert-OH is 1. The van der Waals surface area contributed by atoms with Gasteiger partial charge in [0, 0.05) is 6.07 Å². The van der Waals surface area contributed by atoms with Crippen molar-refractivity contribution in [2.24, 2.45) is 0 Å². The van der Waals surface area contributed by atoms with E-state index >= 15 is 0 Å². The third kappa shape index (κ3) is 3.15. The maximum Gasteiger partial charge on any atom is 0.387 e. The lowest BCUT2D eigenvalue weighted by atomic mass is 10.0. The molecule has 1 aromatic rings. The first-order valence-corrected chi connectivity index (χ1v) is 4.86. The normalized spacial score (nSPS) is 11.8. The Morgan fingerprint density at radius 1 is 1.50 bits per heavy atom. The van der Waals surface area contributed by atoms with Crippen LogP contribution in [0, 0.1) is 21.4 Å². The van der Waals surface area contributed by atoms with E-state index in [9.17, 15) is 28.8 Å². The summed E-state index contributed by atoms with van der Waals surface area (Å²) in [5.74, 6) is -2.58. The lowest BCUT2D eigenvalue weighted by molar-refractivity contribution is -0.386. The van der Waals surface area contributed by atoms with Gasteiger partial charge in [0.25, 0.3) is 5.69 Å². The summed E-state index contributed by atoms with van der Waals surface area (Å²) < 4.78 is 28.2. The van der Waals surface area contributed by atoms with Crippen molar-refractivity contribution in [2.75, 3.05) is 0 Å². The van der Waals surface area contributed by atoms with Gasteiger partial charge in [0.05, 0.1) is 10.5 Å². The number of hydrogen-bond acceptors (Lipinski definition) is 6. The molecule has 0 amide bonds. The molecular weight excluding hydrogens is 282 g/mol. The third-order valence-electron chi connectivity index (χ3n) is 2.19. The molecule has 0 saturated carbocycles. The standard InChI is InChI=1S/C10H6F2N2O6/c11-10(12)20-7-2-5(8(15)9(16)17)6(14(18)19)1-4(7)3-13/h1-2,8,10,15H,(H,16,17). The summed E-state index contributed by atoms with van der Waals surface area (Å²) in [6.45, 7) is -3.32. The maximum atomic E-state index is 12.1. The Morgan fingerprint density at radius 3 is 2.50 bits per heavy atom. The monoisotopic (exact) mass is 288 g/mol. The fourth-order valence-corrected chi connectivity index (χ4v) is 1.38. The molecule has 0 spiro atoms.